The first-order valence-electron chi connectivity index (χ1n) is 36.4. The Morgan fingerprint density at radius 2 is 0.506 bits per heavy atom. The summed E-state index contributed by atoms with van der Waals surface area (Å²) in [6.45, 7) is 4.20. The van der Waals surface area contributed by atoms with E-state index in [1.54, 1.807) is 0 Å². The number of rotatable bonds is 69. The minimum absolute atomic E-state index is 0.0595. The van der Waals surface area contributed by atoms with Gasteiger partial charge in [0.05, 0.1) is 6.61 Å². The van der Waals surface area contributed by atoms with E-state index in [1.165, 1.54) is 353 Å². The fourth-order valence-corrected chi connectivity index (χ4v) is 11.5. The van der Waals surface area contributed by atoms with E-state index in [2.05, 4.69) is 38.2 Å². The summed E-state index contributed by atoms with van der Waals surface area (Å²) in [5.41, 5.74) is 0. The van der Waals surface area contributed by atoms with Crippen molar-refractivity contribution in [2.75, 3.05) is 13.2 Å². The first-order chi connectivity index (χ1) is 39.1. The lowest BCUT2D eigenvalue weighted by Gasteiger charge is -2.15. The van der Waals surface area contributed by atoms with Crippen LogP contribution in [-0.4, -0.2) is 36.4 Å². The molecule has 79 heavy (non-hydrogen) atoms. The van der Waals surface area contributed by atoms with Crippen LogP contribution >= 0.6 is 0 Å². The Balaban J connectivity index is 3.35. The summed E-state index contributed by atoms with van der Waals surface area (Å²) in [4.78, 5) is 24.6. The molecule has 0 heterocycles. The molecule has 0 spiro atoms. The standard InChI is InChI=1S/C74H142O5/c1-3-5-7-9-11-13-15-17-19-21-23-25-27-29-30-31-32-33-34-35-36-37-38-39-40-41-42-43-45-46-48-50-52-54-56-58-60-62-64-66-68-73(76)78-71-72(70-75)79-74(77)69-67-65-63-61-59-57-55-53-51-49-47-44-28-26-24-22-20-18-16-14-12-10-8-6-4-2/h16,18,22,24,72,75H,3-15,17,19-21,23,25-71H2,1-2H3/b18-16-,24-22-. The van der Waals surface area contributed by atoms with E-state index < -0.39 is 6.10 Å². The Hall–Kier alpha value is -1.62. The van der Waals surface area contributed by atoms with Crippen molar-refractivity contribution in [1.82, 2.24) is 0 Å². The van der Waals surface area contributed by atoms with Crippen LogP contribution in [0.5, 0.6) is 0 Å². The van der Waals surface area contributed by atoms with E-state index >= 15 is 0 Å². The van der Waals surface area contributed by atoms with Gasteiger partial charge >= 0.3 is 11.9 Å². The monoisotopic (exact) mass is 1110 g/mol. The molecule has 0 amide bonds. The van der Waals surface area contributed by atoms with Gasteiger partial charge in [0, 0.05) is 12.8 Å². The van der Waals surface area contributed by atoms with Crippen molar-refractivity contribution in [3.63, 3.8) is 0 Å². The van der Waals surface area contributed by atoms with Crippen LogP contribution < -0.4 is 0 Å². The maximum absolute atomic E-state index is 12.4. The topological polar surface area (TPSA) is 72.8 Å². The molecule has 0 radical (unpaired) electrons. The molecular formula is C74H142O5. The zero-order chi connectivity index (χ0) is 56.9. The van der Waals surface area contributed by atoms with E-state index in [-0.39, 0.29) is 25.2 Å². The molecule has 1 unspecified atom stereocenters. The molecule has 468 valence electrons. The Bertz CT molecular complexity index is 1210. The molecule has 5 nitrogen and oxygen atoms in total. The van der Waals surface area contributed by atoms with E-state index in [4.69, 9.17) is 9.47 Å². The van der Waals surface area contributed by atoms with Gasteiger partial charge in [-0.05, 0) is 44.9 Å². The highest BCUT2D eigenvalue weighted by Crippen LogP contribution is 2.20. The minimum atomic E-state index is -0.770. The third-order valence-electron chi connectivity index (χ3n) is 17.0. The molecule has 0 bridgehead atoms. The highest BCUT2D eigenvalue weighted by molar-refractivity contribution is 5.70. The Labute approximate surface area is 495 Å². The van der Waals surface area contributed by atoms with Gasteiger partial charge in [-0.2, -0.15) is 0 Å². The molecule has 0 aliphatic rings. The van der Waals surface area contributed by atoms with Crippen molar-refractivity contribution in [1.29, 1.82) is 0 Å². The van der Waals surface area contributed by atoms with Crippen molar-refractivity contribution in [3.05, 3.63) is 24.3 Å². The summed E-state index contributed by atoms with van der Waals surface area (Å²) in [5, 5.41) is 9.70. The normalized spacial score (nSPS) is 12.2. The Morgan fingerprint density at radius 1 is 0.291 bits per heavy atom. The fraction of sp³-hybridized carbons (Fsp3) is 0.919. The molecule has 0 fully saturated rings. The third kappa shape index (κ3) is 68.8. The van der Waals surface area contributed by atoms with Crippen LogP contribution in [0.15, 0.2) is 24.3 Å². The molecule has 0 aliphatic heterocycles. The predicted molar refractivity (Wildman–Crippen MR) is 348 cm³/mol. The molecule has 1 N–H and O–H groups in total. The molecule has 0 aromatic heterocycles. The largest absolute Gasteiger partial charge is 0.462 e. The van der Waals surface area contributed by atoms with Gasteiger partial charge in [-0.25, -0.2) is 0 Å². The molecule has 0 aliphatic carbocycles. The van der Waals surface area contributed by atoms with Gasteiger partial charge in [0.1, 0.15) is 6.61 Å². The van der Waals surface area contributed by atoms with Gasteiger partial charge in [-0.1, -0.05) is 385 Å². The van der Waals surface area contributed by atoms with Crippen LogP contribution in [0.2, 0.25) is 0 Å². The average Bonchev–Trinajstić information content (AvgIpc) is 3.45. The summed E-state index contributed by atoms with van der Waals surface area (Å²) in [5.74, 6) is -0.567. The number of hydrogen-bond donors (Lipinski definition) is 1. The number of ether oxygens (including phenoxy) is 2. The summed E-state index contributed by atoms with van der Waals surface area (Å²) in [6, 6.07) is 0. The first kappa shape index (κ1) is 77.4. The molecule has 0 aromatic rings. The molecule has 0 rings (SSSR count). The van der Waals surface area contributed by atoms with Gasteiger partial charge in [-0.15, -0.1) is 0 Å². The third-order valence-corrected chi connectivity index (χ3v) is 17.0. The average molecular weight is 1110 g/mol. The fourth-order valence-electron chi connectivity index (χ4n) is 11.5. The van der Waals surface area contributed by atoms with Crippen molar-refractivity contribution in [3.8, 4) is 0 Å². The predicted octanol–water partition coefficient (Wildman–Crippen LogP) is 25.2. The molecular weight excluding hydrogens is 969 g/mol. The molecule has 1 atom stereocenters. The zero-order valence-corrected chi connectivity index (χ0v) is 53.9. The highest BCUT2D eigenvalue weighted by atomic mass is 16.6. The number of allylic oxidation sites excluding steroid dienone is 4. The van der Waals surface area contributed by atoms with E-state index in [0.29, 0.717) is 12.8 Å². The summed E-state index contributed by atoms with van der Waals surface area (Å²) < 4.78 is 10.8. The van der Waals surface area contributed by atoms with Crippen molar-refractivity contribution in [2.24, 2.45) is 0 Å². The van der Waals surface area contributed by atoms with E-state index in [9.17, 15) is 14.7 Å². The number of carbonyl (C=O) groups excluding carboxylic acids is 2. The minimum Gasteiger partial charge on any atom is -0.462 e. The number of aliphatic hydroxyl groups is 1. The van der Waals surface area contributed by atoms with Crippen LogP contribution in [0.4, 0.5) is 0 Å². The number of esters is 2. The van der Waals surface area contributed by atoms with Gasteiger partial charge in [0.15, 0.2) is 6.10 Å². The summed E-state index contributed by atoms with van der Waals surface area (Å²) in [6.07, 6.45) is 92.4. The molecule has 0 aromatic carbocycles. The second kappa shape index (κ2) is 70.6. The second-order valence-corrected chi connectivity index (χ2v) is 25.0. The molecule has 0 saturated heterocycles. The molecule has 5 heteroatoms. The first-order valence-corrected chi connectivity index (χ1v) is 36.4. The van der Waals surface area contributed by atoms with Crippen LogP contribution in [0.25, 0.3) is 0 Å². The van der Waals surface area contributed by atoms with Crippen molar-refractivity contribution >= 4 is 11.9 Å². The van der Waals surface area contributed by atoms with E-state index in [0.717, 1.165) is 38.5 Å². The number of hydrogen-bond acceptors (Lipinski definition) is 5. The van der Waals surface area contributed by atoms with Crippen molar-refractivity contribution < 1.29 is 24.2 Å². The highest BCUT2D eigenvalue weighted by Gasteiger charge is 2.16. The maximum atomic E-state index is 12.4. The van der Waals surface area contributed by atoms with Gasteiger partial charge in [0.25, 0.3) is 0 Å². The second-order valence-electron chi connectivity index (χ2n) is 25.0. The Kier molecular flexibility index (Phi) is 69.2. The SMILES string of the molecule is CCCCCCC/C=C\C/C=C\CCCCCCCCCCCCCCCC(=O)OC(CO)COC(=O)CCCCCCCCCCCCCCCCCCCCCCCCCCCCCCCCCCCCCCCCCC. The van der Waals surface area contributed by atoms with Crippen LogP contribution in [0.1, 0.15) is 418 Å². The lowest BCUT2D eigenvalue weighted by Crippen LogP contribution is -2.28. The maximum Gasteiger partial charge on any atom is 0.306 e. The molecule has 0 saturated carbocycles. The van der Waals surface area contributed by atoms with E-state index in [1.807, 2.05) is 0 Å². The van der Waals surface area contributed by atoms with Gasteiger partial charge in [-0.3, -0.25) is 9.59 Å². The number of unbranched alkanes of at least 4 members (excludes halogenated alkanes) is 57. The number of aliphatic hydroxyl groups excluding tert-OH is 1. The summed E-state index contributed by atoms with van der Waals surface area (Å²) >= 11 is 0. The smallest absolute Gasteiger partial charge is 0.306 e. The van der Waals surface area contributed by atoms with Gasteiger partial charge < -0.3 is 14.6 Å². The Morgan fingerprint density at radius 3 is 0.747 bits per heavy atom. The van der Waals surface area contributed by atoms with Crippen LogP contribution in [0.3, 0.4) is 0 Å². The van der Waals surface area contributed by atoms with Crippen LogP contribution in [0, 0.1) is 0 Å². The van der Waals surface area contributed by atoms with Crippen molar-refractivity contribution in [2.45, 2.75) is 424 Å². The lowest BCUT2D eigenvalue weighted by atomic mass is 10.0. The zero-order valence-electron chi connectivity index (χ0n) is 53.9. The summed E-state index contributed by atoms with van der Waals surface area (Å²) in [7, 11) is 0. The van der Waals surface area contributed by atoms with Crippen LogP contribution in [-0.2, 0) is 19.1 Å². The van der Waals surface area contributed by atoms with Gasteiger partial charge in [0.2, 0.25) is 0 Å². The lowest BCUT2D eigenvalue weighted by molar-refractivity contribution is -0.161. The number of carbonyl (C=O) groups is 2. The quantitative estimate of drug-likeness (QED) is 0.0373.